The average Bonchev–Trinajstić information content (AvgIpc) is 2.57. The number of amides is 1. The molecule has 0 saturated carbocycles. The fraction of sp³-hybridized carbons (Fsp3) is 0.235. The van der Waals surface area contributed by atoms with E-state index in [1.807, 2.05) is 0 Å². The summed E-state index contributed by atoms with van der Waals surface area (Å²) in [5.74, 6) is -2.31. The third-order valence-electron chi connectivity index (χ3n) is 3.50. The number of hydrogen-bond donors (Lipinski definition) is 1. The second kappa shape index (κ2) is 8.13. The molecule has 1 N–H and O–H groups in total. The van der Waals surface area contributed by atoms with Crippen LogP contribution in [0.5, 0.6) is 5.75 Å². The minimum Gasteiger partial charge on any atom is -0.495 e. The van der Waals surface area contributed by atoms with Crippen LogP contribution in [-0.4, -0.2) is 34.2 Å². The molecule has 0 spiro atoms. The standard InChI is InChI=1S/C17H18F2N2O4S/c1-25-16-6-4-3-5-15(16)21(26(2,23)24)10-9-17(22)20-12-7-8-13(18)14(19)11-12/h3-8,11H,9-10H2,1-2H3,(H,20,22). The number of anilines is 2. The molecule has 6 nitrogen and oxygen atoms in total. The van der Waals surface area contributed by atoms with E-state index >= 15 is 0 Å². The second-order valence-corrected chi connectivity index (χ2v) is 7.34. The lowest BCUT2D eigenvalue weighted by Gasteiger charge is -2.24. The predicted molar refractivity (Wildman–Crippen MR) is 94.8 cm³/mol. The Labute approximate surface area is 150 Å². The van der Waals surface area contributed by atoms with Gasteiger partial charge in [0.25, 0.3) is 0 Å². The number of nitrogens with one attached hydrogen (secondary N) is 1. The number of ether oxygens (including phenoxy) is 1. The van der Waals surface area contributed by atoms with Gasteiger partial charge in [-0.15, -0.1) is 0 Å². The first-order valence-corrected chi connectivity index (χ1v) is 9.43. The number of rotatable bonds is 7. The lowest BCUT2D eigenvalue weighted by atomic mass is 10.2. The number of sulfonamides is 1. The summed E-state index contributed by atoms with van der Waals surface area (Å²) < 4.78 is 56.5. The van der Waals surface area contributed by atoms with Crippen LogP contribution in [0.1, 0.15) is 6.42 Å². The third-order valence-corrected chi connectivity index (χ3v) is 4.68. The molecule has 0 heterocycles. The van der Waals surface area contributed by atoms with Crippen molar-refractivity contribution < 1.29 is 26.7 Å². The first-order chi connectivity index (χ1) is 12.2. The van der Waals surface area contributed by atoms with E-state index in [-0.39, 0.29) is 18.7 Å². The number of carbonyl (C=O) groups excluding carboxylic acids is 1. The molecule has 0 saturated heterocycles. The molecule has 26 heavy (non-hydrogen) atoms. The lowest BCUT2D eigenvalue weighted by Crippen LogP contribution is -2.33. The summed E-state index contributed by atoms with van der Waals surface area (Å²) >= 11 is 0. The van der Waals surface area contributed by atoms with Crippen molar-refractivity contribution >= 4 is 27.3 Å². The van der Waals surface area contributed by atoms with Gasteiger partial charge in [-0.25, -0.2) is 17.2 Å². The van der Waals surface area contributed by atoms with Crippen molar-refractivity contribution in [1.29, 1.82) is 0 Å². The molecular weight excluding hydrogens is 366 g/mol. The Morgan fingerprint density at radius 3 is 2.46 bits per heavy atom. The van der Waals surface area contributed by atoms with Crippen LogP contribution in [0.25, 0.3) is 0 Å². The number of methoxy groups -OCH3 is 1. The maximum atomic E-state index is 13.2. The molecule has 0 unspecified atom stereocenters. The van der Waals surface area contributed by atoms with Crippen LogP contribution in [0.4, 0.5) is 20.2 Å². The molecule has 0 radical (unpaired) electrons. The van der Waals surface area contributed by atoms with Crippen molar-refractivity contribution in [2.45, 2.75) is 6.42 Å². The van der Waals surface area contributed by atoms with Crippen LogP contribution in [0.2, 0.25) is 0 Å². The number of carbonyl (C=O) groups is 1. The van der Waals surface area contributed by atoms with E-state index < -0.39 is 27.6 Å². The molecule has 1 amide bonds. The van der Waals surface area contributed by atoms with E-state index in [1.165, 1.54) is 13.2 Å². The monoisotopic (exact) mass is 384 g/mol. The van der Waals surface area contributed by atoms with Gasteiger partial charge in [-0.1, -0.05) is 12.1 Å². The van der Waals surface area contributed by atoms with Gasteiger partial charge in [0.15, 0.2) is 11.6 Å². The average molecular weight is 384 g/mol. The van der Waals surface area contributed by atoms with Gasteiger partial charge in [-0.05, 0) is 24.3 Å². The van der Waals surface area contributed by atoms with Gasteiger partial charge in [-0.2, -0.15) is 0 Å². The quantitative estimate of drug-likeness (QED) is 0.797. The minimum absolute atomic E-state index is 0.0806. The number of para-hydroxylation sites is 2. The molecule has 9 heteroatoms. The van der Waals surface area contributed by atoms with Crippen LogP contribution >= 0.6 is 0 Å². The molecule has 0 bridgehead atoms. The first kappa shape index (κ1) is 19.6. The molecule has 0 aliphatic carbocycles. The summed E-state index contributed by atoms with van der Waals surface area (Å²) in [6, 6.07) is 9.47. The maximum Gasteiger partial charge on any atom is 0.232 e. The van der Waals surface area contributed by atoms with E-state index in [4.69, 9.17) is 4.74 Å². The van der Waals surface area contributed by atoms with Gasteiger partial charge in [0.05, 0.1) is 19.1 Å². The predicted octanol–water partition coefficient (Wildman–Crippen LogP) is 2.77. The van der Waals surface area contributed by atoms with Gasteiger partial charge < -0.3 is 10.1 Å². The normalized spacial score (nSPS) is 11.1. The zero-order valence-corrected chi connectivity index (χ0v) is 15.0. The third kappa shape index (κ3) is 4.92. The molecular formula is C17H18F2N2O4S. The Balaban J connectivity index is 2.12. The van der Waals surface area contributed by atoms with Crippen molar-refractivity contribution in [3.05, 3.63) is 54.1 Å². The van der Waals surface area contributed by atoms with Crippen LogP contribution in [0.3, 0.4) is 0 Å². The lowest BCUT2D eigenvalue weighted by molar-refractivity contribution is -0.116. The second-order valence-electron chi connectivity index (χ2n) is 5.43. The highest BCUT2D eigenvalue weighted by Gasteiger charge is 2.21. The van der Waals surface area contributed by atoms with Crippen molar-refractivity contribution in [3.8, 4) is 5.75 Å². The molecule has 0 aliphatic rings. The van der Waals surface area contributed by atoms with Crippen LogP contribution in [0.15, 0.2) is 42.5 Å². The van der Waals surface area contributed by atoms with E-state index in [1.54, 1.807) is 24.3 Å². The topological polar surface area (TPSA) is 75.7 Å². The van der Waals surface area contributed by atoms with E-state index in [2.05, 4.69) is 5.32 Å². The smallest absolute Gasteiger partial charge is 0.232 e. The highest BCUT2D eigenvalue weighted by Crippen LogP contribution is 2.29. The number of nitrogens with zero attached hydrogens (tertiary/aromatic N) is 1. The summed E-state index contributed by atoms with van der Waals surface area (Å²) in [7, 11) is -2.26. The van der Waals surface area contributed by atoms with Crippen LogP contribution in [0, 0.1) is 11.6 Å². The molecule has 0 aliphatic heterocycles. The van der Waals surface area contributed by atoms with Crippen molar-refractivity contribution in [3.63, 3.8) is 0 Å². The van der Waals surface area contributed by atoms with E-state index in [9.17, 15) is 22.0 Å². The zero-order chi connectivity index (χ0) is 19.3. The van der Waals surface area contributed by atoms with Crippen LogP contribution < -0.4 is 14.4 Å². The summed E-state index contributed by atoms with van der Waals surface area (Å²) in [6.07, 6.45) is 0.830. The fourth-order valence-electron chi connectivity index (χ4n) is 2.30. The number of benzene rings is 2. The van der Waals surface area contributed by atoms with Gasteiger partial charge in [-0.3, -0.25) is 9.10 Å². The molecule has 140 valence electrons. The van der Waals surface area contributed by atoms with Crippen molar-refractivity contribution in [2.24, 2.45) is 0 Å². The Morgan fingerprint density at radius 2 is 1.85 bits per heavy atom. The molecule has 0 aromatic heterocycles. The Hall–Kier alpha value is -2.68. The Kier molecular flexibility index (Phi) is 6.14. The highest BCUT2D eigenvalue weighted by molar-refractivity contribution is 7.92. The summed E-state index contributed by atoms with van der Waals surface area (Å²) in [5, 5.41) is 2.40. The Morgan fingerprint density at radius 1 is 1.15 bits per heavy atom. The van der Waals surface area contributed by atoms with Gasteiger partial charge >= 0.3 is 0 Å². The van der Waals surface area contributed by atoms with E-state index in [0.717, 1.165) is 22.7 Å². The van der Waals surface area contributed by atoms with Crippen molar-refractivity contribution in [2.75, 3.05) is 29.5 Å². The number of hydrogen-bond acceptors (Lipinski definition) is 4. The summed E-state index contributed by atoms with van der Waals surface area (Å²) in [6.45, 7) is -0.144. The highest BCUT2D eigenvalue weighted by atomic mass is 32.2. The van der Waals surface area contributed by atoms with Gasteiger partial charge in [0.2, 0.25) is 15.9 Å². The summed E-state index contributed by atoms with van der Waals surface area (Å²) in [5.41, 5.74) is 0.384. The van der Waals surface area contributed by atoms with Crippen molar-refractivity contribution in [1.82, 2.24) is 0 Å². The Bertz CT molecular complexity index is 903. The SMILES string of the molecule is COc1ccccc1N(CCC(=O)Nc1ccc(F)c(F)c1)S(C)(=O)=O. The molecule has 2 aromatic rings. The summed E-state index contributed by atoms with van der Waals surface area (Å²) in [4.78, 5) is 12.0. The zero-order valence-electron chi connectivity index (χ0n) is 14.2. The maximum absolute atomic E-state index is 13.2. The largest absolute Gasteiger partial charge is 0.495 e. The number of halogens is 2. The van der Waals surface area contributed by atoms with E-state index in [0.29, 0.717) is 11.4 Å². The fourth-order valence-corrected chi connectivity index (χ4v) is 3.23. The molecule has 0 fully saturated rings. The van der Waals surface area contributed by atoms with Gasteiger partial charge in [0.1, 0.15) is 5.75 Å². The molecule has 2 aromatic carbocycles. The molecule has 2 rings (SSSR count). The van der Waals surface area contributed by atoms with Gasteiger partial charge in [0, 0.05) is 24.7 Å². The molecule has 0 atom stereocenters. The van der Waals surface area contributed by atoms with Crippen LogP contribution in [-0.2, 0) is 14.8 Å². The first-order valence-electron chi connectivity index (χ1n) is 7.58. The minimum atomic E-state index is -3.67.